The maximum absolute atomic E-state index is 11.8. The molecule has 0 bridgehead atoms. The van der Waals surface area contributed by atoms with Crippen LogP contribution in [-0.4, -0.2) is 32.8 Å². The lowest BCUT2D eigenvalue weighted by Gasteiger charge is -2.33. The molecular weight excluding hydrogens is 236 g/mol. The monoisotopic (exact) mass is 257 g/mol. The van der Waals surface area contributed by atoms with Gasteiger partial charge in [0, 0.05) is 6.42 Å². The summed E-state index contributed by atoms with van der Waals surface area (Å²) < 4.78 is 10.8. The molecule has 1 rings (SSSR count). The van der Waals surface area contributed by atoms with Crippen LogP contribution in [-0.2, 0) is 14.0 Å². The highest BCUT2D eigenvalue weighted by molar-refractivity contribution is 6.48. The molecule has 0 fully saturated rings. The van der Waals surface area contributed by atoms with Crippen LogP contribution >= 0.6 is 0 Å². The zero-order chi connectivity index (χ0) is 13.2. The summed E-state index contributed by atoms with van der Waals surface area (Å²) in [4.78, 5) is 11.8. The summed E-state index contributed by atoms with van der Waals surface area (Å²) in [6.07, 6.45) is 0.107. The second kappa shape index (κ2) is 5.22. The van der Waals surface area contributed by atoms with E-state index in [1.54, 1.807) is 0 Å². The van der Waals surface area contributed by atoms with E-state index in [9.17, 15) is 9.90 Å². The van der Waals surface area contributed by atoms with Gasteiger partial charge in [-0.2, -0.15) is 0 Å². The van der Waals surface area contributed by atoms with Crippen LogP contribution in [0.25, 0.3) is 0 Å². The van der Waals surface area contributed by atoms with E-state index in [1.165, 1.54) is 0 Å². The number of hydrogen-bond donors (Lipinski definition) is 1. The smallest absolute Gasteiger partial charge is 0.340 e. The summed E-state index contributed by atoms with van der Waals surface area (Å²) in [7, 11) is -0.874. The maximum atomic E-state index is 11.8. The maximum Gasteiger partial charge on any atom is 0.340 e. The van der Waals surface area contributed by atoms with Crippen molar-refractivity contribution >= 4 is 15.0 Å². The Morgan fingerprint density at radius 3 is 2.47 bits per heavy atom. The lowest BCUT2D eigenvalue weighted by Crippen LogP contribution is -2.37. The number of cyclic esters (lactones) is 1. The van der Waals surface area contributed by atoms with Gasteiger partial charge in [0.2, 0.25) is 9.04 Å². The van der Waals surface area contributed by atoms with Gasteiger partial charge in [-0.1, -0.05) is 20.8 Å². The molecule has 1 aliphatic heterocycles. The minimum absolute atomic E-state index is 0.115. The third-order valence-corrected chi connectivity index (χ3v) is 3.42. The van der Waals surface area contributed by atoms with Gasteiger partial charge < -0.3 is 14.3 Å². The highest BCUT2D eigenvalue weighted by atomic mass is 28.3. The summed E-state index contributed by atoms with van der Waals surface area (Å²) in [5.41, 5.74) is 0.109. The van der Waals surface area contributed by atoms with Crippen molar-refractivity contribution in [2.75, 3.05) is 6.61 Å². The van der Waals surface area contributed by atoms with Crippen LogP contribution in [0.5, 0.6) is 0 Å². The van der Waals surface area contributed by atoms with Gasteiger partial charge in [-0.05, 0) is 18.5 Å². The average Bonchev–Trinajstić information content (AvgIpc) is 2.14. The van der Waals surface area contributed by atoms with E-state index >= 15 is 0 Å². The van der Waals surface area contributed by atoms with Crippen LogP contribution in [0.2, 0.25) is 13.1 Å². The molecule has 97 valence electrons. The van der Waals surface area contributed by atoms with Crippen LogP contribution in [0.1, 0.15) is 27.2 Å². The molecule has 1 unspecified atom stereocenters. The molecule has 0 aromatic carbocycles. The largest absolute Gasteiger partial charge is 0.512 e. The Labute approximate surface area is 104 Å². The summed E-state index contributed by atoms with van der Waals surface area (Å²) >= 11 is 0. The third-order valence-electron chi connectivity index (χ3n) is 2.69. The predicted molar refractivity (Wildman–Crippen MR) is 67.0 cm³/mol. The first kappa shape index (κ1) is 14.2. The molecule has 1 aliphatic rings. The minimum atomic E-state index is -0.874. The van der Waals surface area contributed by atoms with Crippen molar-refractivity contribution in [2.24, 2.45) is 5.41 Å². The van der Waals surface area contributed by atoms with E-state index in [0.717, 1.165) is 0 Å². The van der Waals surface area contributed by atoms with Gasteiger partial charge in [0.1, 0.15) is 11.9 Å². The third kappa shape index (κ3) is 3.85. The highest BCUT2D eigenvalue weighted by Crippen LogP contribution is 2.32. The van der Waals surface area contributed by atoms with Gasteiger partial charge in [-0.3, -0.25) is 0 Å². The minimum Gasteiger partial charge on any atom is -0.512 e. The van der Waals surface area contributed by atoms with E-state index < -0.39 is 15.0 Å². The summed E-state index contributed by atoms with van der Waals surface area (Å²) in [5.74, 6) is -0.332. The van der Waals surface area contributed by atoms with Crippen molar-refractivity contribution in [3.63, 3.8) is 0 Å². The average molecular weight is 257 g/mol. The Hall–Kier alpha value is -0.813. The molecule has 0 aromatic rings. The van der Waals surface area contributed by atoms with Gasteiger partial charge in [-0.25, -0.2) is 4.79 Å². The number of ether oxygens (including phenoxy) is 1. The number of esters is 1. The van der Waals surface area contributed by atoms with Gasteiger partial charge in [-0.15, -0.1) is 0 Å². The topological polar surface area (TPSA) is 55.8 Å². The van der Waals surface area contributed by atoms with E-state index in [4.69, 9.17) is 9.16 Å². The van der Waals surface area contributed by atoms with E-state index in [-0.39, 0.29) is 29.5 Å². The number of aliphatic hydroxyl groups excluding tert-OH is 1. The molecule has 0 saturated heterocycles. The molecule has 5 heteroatoms. The lowest BCUT2D eigenvalue weighted by atomic mass is 9.85. The molecule has 0 amide bonds. The SMILES string of the molecule is C[Si](C)OCC1=C(O)CC(C(C)(C)C)OC1=O. The van der Waals surface area contributed by atoms with Crippen molar-refractivity contribution in [1.29, 1.82) is 0 Å². The quantitative estimate of drug-likeness (QED) is 0.623. The van der Waals surface area contributed by atoms with Crippen molar-refractivity contribution < 1.29 is 19.1 Å². The Kier molecular flexibility index (Phi) is 4.38. The molecule has 1 radical (unpaired) electrons. The summed E-state index contributed by atoms with van der Waals surface area (Å²) in [6.45, 7) is 10.1. The molecule has 0 saturated carbocycles. The number of carbonyl (C=O) groups is 1. The standard InChI is InChI=1S/C12H21O4Si/c1-12(2,3)10-6-9(13)8(11(14)16-10)7-15-17(4)5/h10,13H,6-7H2,1-5H3. The molecule has 1 heterocycles. The molecule has 17 heavy (non-hydrogen) atoms. The van der Waals surface area contributed by atoms with E-state index in [2.05, 4.69) is 0 Å². The van der Waals surface area contributed by atoms with Crippen LogP contribution < -0.4 is 0 Å². The Balaban J connectivity index is 2.76. The number of carbonyl (C=O) groups excluding carboxylic acids is 1. The first-order valence-corrected chi connectivity index (χ1v) is 8.17. The lowest BCUT2D eigenvalue weighted by molar-refractivity contribution is -0.153. The normalized spacial score (nSPS) is 22.0. The van der Waals surface area contributed by atoms with Gasteiger partial charge >= 0.3 is 5.97 Å². The van der Waals surface area contributed by atoms with Crippen molar-refractivity contribution in [1.82, 2.24) is 0 Å². The molecular formula is C12H21O4Si. The van der Waals surface area contributed by atoms with E-state index in [0.29, 0.717) is 6.42 Å². The van der Waals surface area contributed by atoms with E-state index in [1.807, 2.05) is 33.9 Å². The molecule has 0 aliphatic carbocycles. The Bertz CT molecular complexity index is 328. The van der Waals surface area contributed by atoms with Crippen LogP contribution in [0.15, 0.2) is 11.3 Å². The number of rotatable bonds is 3. The second-order valence-corrected chi connectivity index (χ2v) is 7.69. The predicted octanol–water partition coefficient (Wildman–Crippen LogP) is 2.43. The molecule has 4 nitrogen and oxygen atoms in total. The van der Waals surface area contributed by atoms with Crippen molar-refractivity contribution in [2.45, 2.75) is 46.4 Å². The molecule has 0 aromatic heterocycles. The highest BCUT2D eigenvalue weighted by Gasteiger charge is 2.36. The fourth-order valence-corrected chi connectivity index (χ4v) is 1.93. The second-order valence-electron chi connectivity index (χ2n) is 5.59. The Morgan fingerprint density at radius 2 is 2.06 bits per heavy atom. The molecule has 1 N–H and O–H groups in total. The first-order valence-electron chi connectivity index (χ1n) is 5.76. The van der Waals surface area contributed by atoms with Crippen LogP contribution in [0.3, 0.4) is 0 Å². The first-order chi connectivity index (χ1) is 7.71. The number of aliphatic hydroxyl groups is 1. The summed E-state index contributed by atoms with van der Waals surface area (Å²) in [5, 5.41) is 9.90. The number of hydrogen-bond acceptors (Lipinski definition) is 4. The van der Waals surface area contributed by atoms with Gasteiger partial charge in [0.15, 0.2) is 0 Å². The van der Waals surface area contributed by atoms with Gasteiger partial charge in [0.05, 0.1) is 12.2 Å². The van der Waals surface area contributed by atoms with Crippen molar-refractivity contribution in [3.8, 4) is 0 Å². The van der Waals surface area contributed by atoms with Crippen molar-refractivity contribution in [3.05, 3.63) is 11.3 Å². The molecule has 1 atom stereocenters. The zero-order valence-electron chi connectivity index (χ0n) is 11.2. The zero-order valence-corrected chi connectivity index (χ0v) is 12.2. The fraction of sp³-hybridized carbons (Fsp3) is 0.750. The van der Waals surface area contributed by atoms with Crippen LogP contribution in [0.4, 0.5) is 0 Å². The van der Waals surface area contributed by atoms with Gasteiger partial charge in [0.25, 0.3) is 0 Å². The molecule has 0 spiro atoms. The summed E-state index contributed by atoms with van der Waals surface area (Å²) in [6, 6.07) is 0. The van der Waals surface area contributed by atoms with Crippen LogP contribution in [0, 0.1) is 5.41 Å². The Morgan fingerprint density at radius 1 is 1.47 bits per heavy atom. The fourth-order valence-electron chi connectivity index (χ4n) is 1.50.